The number of morpholine rings is 1. The minimum Gasteiger partial charge on any atom is -0.463 e. The first kappa shape index (κ1) is 43.7. The first-order valence-corrected chi connectivity index (χ1v) is 21.2. The molecule has 0 radical (unpaired) electrons. The number of alkyl halides is 3. The minimum atomic E-state index is -4.81. The van der Waals surface area contributed by atoms with Crippen LogP contribution < -0.4 is 16.4 Å². The number of nitrogens with one attached hydrogen (secondary N) is 2. The number of esters is 1. The predicted molar refractivity (Wildman–Crippen MR) is 216 cm³/mol. The van der Waals surface area contributed by atoms with E-state index in [1.807, 2.05) is 24.3 Å². The Morgan fingerprint density at radius 1 is 0.933 bits per heavy atom. The summed E-state index contributed by atoms with van der Waals surface area (Å²) in [6.07, 6.45) is -4.73. The van der Waals surface area contributed by atoms with Crippen molar-refractivity contribution in [2.75, 3.05) is 103 Å². The fraction of sp³-hybridized carbons (Fsp3) is 0.610. The van der Waals surface area contributed by atoms with Gasteiger partial charge in [0.25, 0.3) is 5.91 Å². The summed E-state index contributed by atoms with van der Waals surface area (Å²) in [4.78, 5) is 63.6. The van der Waals surface area contributed by atoms with Crippen LogP contribution in [-0.2, 0) is 42.8 Å². The Balaban J connectivity index is 0.987. The number of halogens is 4. The normalized spacial score (nSPS) is 22.1. The summed E-state index contributed by atoms with van der Waals surface area (Å²) in [5, 5.41) is 5.94. The Hall–Kier alpha value is -4.36. The van der Waals surface area contributed by atoms with Crippen LogP contribution >= 0.6 is 11.6 Å². The highest BCUT2D eigenvalue weighted by atomic mass is 35.5. The molecule has 0 saturated carbocycles. The molecule has 5 aliphatic heterocycles. The van der Waals surface area contributed by atoms with Crippen molar-refractivity contribution in [3.63, 3.8) is 0 Å². The SMILES string of the molecule is Nc1c(Cl)cc(C[C@@H](OC(=O)N2CCC(N3CCc4ccccc4NC3=O)CC2)C(=O)N2CCC(N3CCNC[C@H]3C(=O)OCCN3CCOCC3)CC2)cc1C(F)(F)F. The van der Waals surface area contributed by atoms with E-state index in [2.05, 4.69) is 20.4 Å². The topological polar surface area (TPSA) is 162 Å². The van der Waals surface area contributed by atoms with Gasteiger partial charge in [-0.3, -0.25) is 19.4 Å². The minimum absolute atomic E-state index is 0.0269. The Labute approximate surface area is 352 Å². The lowest BCUT2D eigenvalue weighted by molar-refractivity contribution is -0.154. The summed E-state index contributed by atoms with van der Waals surface area (Å²) in [6, 6.07) is 8.89. The van der Waals surface area contributed by atoms with Crippen LogP contribution in [0.4, 0.5) is 34.1 Å². The number of urea groups is 1. The van der Waals surface area contributed by atoms with Gasteiger partial charge in [0.2, 0.25) is 0 Å². The zero-order valence-corrected chi connectivity index (χ0v) is 34.4. The Morgan fingerprint density at radius 2 is 1.63 bits per heavy atom. The molecule has 0 bridgehead atoms. The maximum absolute atomic E-state index is 14.3. The van der Waals surface area contributed by atoms with Crippen LogP contribution in [-0.4, -0.2) is 165 Å². The molecule has 4 fully saturated rings. The quantitative estimate of drug-likeness (QED) is 0.236. The van der Waals surface area contributed by atoms with Crippen LogP contribution in [0, 0.1) is 0 Å². The summed E-state index contributed by atoms with van der Waals surface area (Å²) in [6.45, 7) is 7.15. The van der Waals surface area contributed by atoms with Crippen molar-refractivity contribution < 1.29 is 46.6 Å². The van der Waals surface area contributed by atoms with E-state index < -0.39 is 41.6 Å². The van der Waals surface area contributed by atoms with Crippen LogP contribution in [0.1, 0.15) is 42.4 Å². The third-order valence-electron chi connectivity index (χ3n) is 12.3. The smallest absolute Gasteiger partial charge is 0.418 e. The van der Waals surface area contributed by atoms with E-state index in [0.29, 0.717) is 78.0 Å². The molecular weight excluding hydrogens is 809 g/mol. The summed E-state index contributed by atoms with van der Waals surface area (Å²) >= 11 is 6.16. The average molecular weight is 863 g/mol. The number of amides is 4. The first-order valence-electron chi connectivity index (χ1n) is 20.8. The number of nitrogens with zero attached hydrogens (tertiary/aromatic N) is 5. The van der Waals surface area contributed by atoms with Crippen LogP contribution in [0.2, 0.25) is 5.02 Å². The maximum atomic E-state index is 14.3. The molecule has 60 heavy (non-hydrogen) atoms. The standard InChI is InChI=1S/C41H54ClF3N8O7/c42-32-24-27(23-31(36(32)46)41(43,44)45)25-35(60-40(57)51-13-8-30(9-14-51)53-15-5-28-3-1-2-4-33(28)48-39(53)56)37(54)50-11-6-29(7-12-50)52-16-10-47-26-34(52)38(55)59-22-19-49-17-20-58-21-18-49/h1-4,23-24,29-30,34-35,47H,5-22,25-26,46H2,(H,48,56)/t34-,35+/m0/s1. The fourth-order valence-electron chi connectivity index (χ4n) is 8.91. The summed E-state index contributed by atoms with van der Waals surface area (Å²) in [7, 11) is 0. The van der Waals surface area contributed by atoms with Gasteiger partial charge < -0.3 is 45.3 Å². The maximum Gasteiger partial charge on any atom is 0.418 e. The molecule has 0 unspecified atom stereocenters. The molecule has 0 spiro atoms. The molecule has 4 N–H and O–H groups in total. The number of carbonyl (C=O) groups excluding carboxylic acids is 4. The van der Waals surface area contributed by atoms with Crippen molar-refractivity contribution in [3.05, 3.63) is 58.1 Å². The highest BCUT2D eigenvalue weighted by Crippen LogP contribution is 2.38. The van der Waals surface area contributed by atoms with Gasteiger partial charge in [-0.1, -0.05) is 29.8 Å². The predicted octanol–water partition coefficient (Wildman–Crippen LogP) is 3.68. The molecule has 5 aliphatic rings. The van der Waals surface area contributed by atoms with E-state index in [-0.39, 0.29) is 73.9 Å². The van der Waals surface area contributed by atoms with Gasteiger partial charge >= 0.3 is 24.3 Å². The monoisotopic (exact) mass is 862 g/mol. The average Bonchev–Trinajstić information content (AvgIpc) is 3.42. The number of nitrogens with two attached hydrogens (primary N) is 1. The van der Waals surface area contributed by atoms with Gasteiger partial charge in [0, 0.05) is 96.2 Å². The molecule has 2 aromatic rings. The number of hydrogen-bond donors (Lipinski definition) is 3. The van der Waals surface area contributed by atoms with Crippen molar-refractivity contribution in [2.24, 2.45) is 0 Å². The van der Waals surface area contributed by atoms with Gasteiger partial charge in [0.15, 0.2) is 6.10 Å². The Morgan fingerprint density at radius 3 is 2.37 bits per heavy atom. The van der Waals surface area contributed by atoms with E-state index in [4.69, 9.17) is 31.5 Å². The van der Waals surface area contributed by atoms with Gasteiger partial charge in [-0.05, 0) is 61.4 Å². The van der Waals surface area contributed by atoms with Crippen molar-refractivity contribution >= 4 is 47.0 Å². The van der Waals surface area contributed by atoms with Crippen LogP contribution in [0.15, 0.2) is 36.4 Å². The van der Waals surface area contributed by atoms with Crippen molar-refractivity contribution in [1.29, 1.82) is 0 Å². The number of para-hydroxylation sites is 1. The fourth-order valence-corrected chi connectivity index (χ4v) is 9.15. The van der Waals surface area contributed by atoms with E-state index >= 15 is 0 Å². The van der Waals surface area contributed by atoms with Gasteiger partial charge in [-0.15, -0.1) is 0 Å². The van der Waals surface area contributed by atoms with E-state index in [0.717, 1.165) is 30.4 Å². The lowest BCUT2D eigenvalue weighted by atomic mass is 9.98. The third kappa shape index (κ3) is 10.6. The molecule has 4 saturated heterocycles. The summed E-state index contributed by atoms with van der Waals surface area (Å²) < 4.78 is 58.9. The van der Waals surface area contributed by atoms with Crippen LogP contribution in [0.5, 0.6) is 0 Å². The molecule has 4 amide bonds. The molecule has 0 aliphatic carbocycles. The number of likely N-dealkylation sites (tertiary alicyclic amines) is 2. The molecular formula is C41H54ClF3N8O7. The number of carbonyl (C=O) groups is 4. The molecule has 19 heteroatoms. The largest absolute Gasteiger partial charge is 0.463 e. The molecule has 2 atom stereocenters. The molecule has 5 heterocycles. The van der Waals surface area contributed by atoms with E-state index in [1.165, 1.54) is 11.0 Å². The van der Waals surface area contributed by atoms with Gasteiger partial charge in [0.05, 0.1) is 29.5 Å². The highest BCUT2D eigenvalue weighted by Gasteiger charge is 2.40. The van der Waals surface area contributed by atoms with E-state index in [1.54, 1.807) is 9.80 Å². The first-order chi connectivity index (χ1) is 28.9. The number of piperazine rings is 1. The zero-order chi connectivity index (χ0) is 42.4. The molecule has 328 valence electrons. The summed E-state index contributed by atoms with van der Waals surface area (Å²) in [5.74, 6) is -0.844. The second-order valence-corrected chi connectivity index (χ2v) is 16.4. The number of anilines is 2. The number of hydrogen-bond acceptors (Lipinski definition) is 11. The van der Waals surface area contributed by atoms with Gasteiger partial charge in [0.1, 0.15) is 12.6 Å². The lowest BCUT2D eigenvalue weighted by Gasteiger charge is -2.44. The number of rotatable bonds is 10. The second kappa shape index (κ2) is 19.6. The Kier molecular flexibility index (Phi) is 14.3. The number of benzene rings is 2. The highest BCUT2D eigenvalue weighted by molar-refractivity contribution is 6.33. The zero-order valence-electron chi connectivity index (χ0n) is 33.6. The van der Waals surface area contributed by atoms with E-state index in [9.17, 15) is 32.3 Å². The van der Waals surface area contributed by atoms with Crippen molar-refractivity contribution in [3.8, 4) is 0 Å². The van der Waals surface area contributed by atoms with Crippen LogP contribution in [0.3, 0.4) is 0 Å². The third-order valence-corrected chi connectivity index (χ3v) is 12.6. The number of nitrogen functional groups attached to an aromatic ring is 1. The Bertz CT molecular complexity index is 1850. The van der Waals surface area contributed by atoms with Crippen LogP contribution in [0.25, 0.3) is 0 Å². The molecule has 2 aromatic carbocycles. The van der Waals surface area contributed by atoms with Gasteiger partial charge in [-0.25, -0.2) is 9.59 Å². The second-order valence-electron chi connectivity index (χ2n) is 16.0. The number of piperidine rings is 2. The molecule has 7 rings (SSSR count). The van der Waals surface area contributed by atoms with Crippen molar-refractivity contribution in [2.45, 2.75) is 68.9 Å². The number of fused-ring (bicyclic) bond motifs is 1. The molecule has 15 nitrogen and oxygen atoms in total. The van der Waals surface area contributed by atoms with Gasteiger partial charge in [-0.2, -0.15) is 13.2 Å². The number of ether oxygens (including phenoxy) is 3. The van der Waals surface area contributed by atoms with Crippen molar-refractivity contribution in [1.82, 2.24) is 29.8 Å². The summed E-state index contributed by atoms with van der Waals surface area (Å²) in [5.41, 5.74) is 5.77. The molecule has 0 aromatic heterocycles. The lowest BCUT2D eigenvalue weighted by Crippen LogP contribution is -2.61.